The first-order chi connectivity index (χ1) is 15.3. The molecule has 2 aliphatic rings. The second-order valence-electron chi connectivity index (χ2n) is 7.71. The third-order valence-corrected chi connectivity index (χ3v) is 5.64. The Morgan fingerprint density at radius 3 is 2.06 bits per heavy atom. The topological polar surface area (TPSA) is 126 Å². The summed E-state index contributed by atoms with van der Waals surface area (Å²) in [6.45, 7) is 4.42. The molecule has 2 N–H and O–H groups in total. The number of nitrogens with zero attached hydrogens (tertiary/aromatic N) is 2. The van der Waals surface area contributed by atoms with Crippen LogP contribution in [0.2, 0.25) is 0 Å². The Kier molecular flexibility index (Phi) is 9.58. The molecule has 0 spiro atoms. The third-order valence-electron chi connectivity index (χ3n) is 5.64. The lowest BCUT2D eigenvalue weighted by Gasteiger charge is -2.34. The van der Waals surface area contributed by atoms with E-state index in [1.807, 2.05) is 17.0 Å². The van der Waals surface area contributed by atoms with Gasteiger partial charge in [-0.2, -0.15) is 0 Å². The van der Waals surface area contributed by atoms with Crippen LogP contribution in [0.4, 0.5) is 0 Å². The lowest BCUT2D eigenvalue weighted by Crippen LogP contribution is -2.43. The van der Waals surface area contributed by atoms with Crippen LogP contribution in [0, 0.1) is 5.92 Å². The van der Waals surface area contributed by atoms with E-state index in [9.17, 15) is 4.79 Å². The fourth-order valence-corrected chi connectivity index (χ4v) is 4.13. The number of carbonyl (C=O) groups excluding carboxylic acids is 1. The van der Waals surface area contributed by atoms with E-state index in [4.69, 9.17) is 34.0 Å². The van der Waals surface area contributed by atoms with Gasteiger partial charge in [-0.15, -0.1) is 0 Å². The van der Waals surface area contributed by atoms with Crippen LogP contribution >= 0.6 is 0 Å². The molecule has 2 fully saturated rings. The molecule has 0 bridgehead atoms. The number of piperidine rings is 1. The smallest absolute Gasteiger partial charge is 0.414 e. The normalized spacial score (nSPS) is 18.3. The van der Waals surface area contributed by atoms with Crippen LogP contribution in [-0.2, 0) is 20.9 Å². The summed E-state index contributed by atoms with van der Waals surface area (Å²) in [5, 5.41) is 14.8. The van der Waals surface area contributed by atoms with Crippen LogP contribution in [0.25, 0.3) is 0 Å². The monoisotopic (exact) mass is 452 g/mol. The van der Waals surface area contributed by atoms with Gasteiger partial charge in [0.05, 0.1) is 27.2 Å². The van der Waals surface area contributed by atoms with Crippen LogP contribution in [0.1, 0.15) is 31.2 Å². The molecular weight excluding hydrogens is 420 g/mol. The largest absolute Gasteiger partial charge is 0.493 e. The highest BCUT2D eigenvalue weighted by Crippen LogP contribution is 2.40. The van der Waals surface area contributed by atoms with Gasteiger partial charge >= 0.3 is 11.9 Å². The van der Waals surface area contributed by atoms with E-state index in [0.29, 0.717) is 23.2 Å². The number of ether oxygens (including phenoxy) is 3. The molecule has 1 aromatic carbocycles. The van der Waals surface area contributed by atoms with Gasteiger partial charge in [0.1, 0.15) is 0 Å². The molecule has 2 saturated heterocycles. The molecule has 1 amide bonds. The number of benzene rings is 1. The van der Waals surface area contributed by atoms with Crippen molar-refractivity contribution in [3.63, 3.8) is 0 Å². The quantitative estimate of drug-likeness (QED) is 0.620. The maximum atomic E-state index is 12.7. The second kappa shape index (κ2) is 12.1. The van der Waals surface area contributed by atoms with Crippen molar-refractivity contribution in [1.82, 2.24) is 9.80 Å². The van der Waals surface area contributed by atoms with E-state index >= 15 is 0 Å². The summed E-state index contributed by atoms with van der Waals surface area (Å²) in [7, 11) is 4.89. The minimum atomic E-state index is -1.82. The fraction of sp³-hybridized carbons (Fsp3) is 0.591. The zero-order chi connectivity index (χ0) is 23.7. The molecular formula is C22H32N2O8. The summed E-state index contributed by atoms with van der Waals surface area (Å²) in [6.07, 6.45) is 4.34. The number of rotatable bonds is 6. The molecule has 0 radical (unpaired) electrons. The molecule has 1 unspecified atom stereocenters. The Labute approximate surface area is 187 Å². The number of hydrogen-bond acceptors (Lipinski definition) is 7. The molecule has 3 rings (SSSR count). The molecule has 0 aliphatic carbocycles. The highest BCUT2D eigenvalue weighted by molar-refractivity contribution is 6.27. The Morgan fingerprint density at radius 1 is 0.906 bits per heavy atom. The van der Waals surface area contributed by atoms with E-state index < -0.39 is 11.9 Å². The van der Waals surface area contributed by atoms with Crippen molar-refractivity contribution < 1.29 is 38.8 Å². The summed E-state index contributed by atoms with van der Waals surface area (Å²) >= 11 is 0. The predicted molar refractivity (Wildman–Crippen MR) is 115 cm³/mol. The van der Waals surface area contributed by atoms with E-state index in [1.54, 1.807) is 21.3 Å². The maximum absolute atomic E-state index is 12.7. The number of amides is 1. The van der Waals surface area contributed by atoms with Crippen molar-refractivity contribution in [1.29, 1.82) is 0 Å². The molecule has 178 valence electrons. The van der Waals surface area contributed by atoms with Gasteiger partial charge in [0.15, 0.2) is 11.5 Å². The van der Waals surface area contributed by atoms with Crippen molar-refractivity contribution in [3.05, 3.63) is 17.7 Å². The van der Waals surface area contributed by atoms with Gasteiger partial charge in [-0.1, -0.05) is 6.07 Å². The van der Waals surface area contributed by atoms with Crippen LogP contribution < -0.4 is 14.2 Å². The predicted octanol–water partition coefficient (Wildman–Crippen LogP) is 1.70. The SMILES string of the molecule is COc1ccc(CN2CCCC(C(=O)N3CCCC3)C2)c(OC)c1OC.O=C(O)C(=O)O. The summed E-state index contributed by atoms with van der Waals surface area (Å²) in [4.78, 5) is 35.3. The van der Waals surface area contributed by atoms with Gasteiger partial charge in [0.2, 0.25) is 11.7 Å². The number of carbonyl (C=O) groups is 3. The molecule has 2 heterocycles. The Hall–Kier alpha value is -3.01. The van der Waals surface area contributed by atoms with Crippen LogP contribution in [0.5, 0.6) is 17.2 Å². The first-order valence-electron chi connectivity index (χ1n) is 10.6. The number of carboxylic acid groups (broad SMARTS) is 2. The summed E-state index contributed by atoms with van der Waals surface area (Å²) in [6, 6.07) is 3.93. The first-order valence-corrected chi connectivity index (χ1v) is 10.6. The summed E-state index contributed by atoms with van der Waals surface area (Å²) in [5.74, 6) is -1.20. The van der Waals surface area contributed by atoms with Crippen molar-refractivity contribution in [3.8, 4) is 17.2 Å². The fourth-order valence-electron chi connectivity index (χ4n) is 4.13. The van der Waals surface area contributed by atoms with Crippen molar-refractivity contribution >= 4 is 17.8 Å². The lowest BCUT2D eigenvalue weighted by molar-refractivity contribution is -0.159. The maximum Gasteiger partial charge on any atom is 0.414 e. The molecule has 32 heavy (non-hydrogen) atoms. The van der Waals surface area contributed by atoms with Crippen LogP contribution in [0.3, 0.4) is 0 Å². The Bertz CT molecular complexity index is 795. The minimum Gasteiger partial charge on any atom is -0.493 e. The second-order valence-corrected chi connectivity index (χ2v) is 7.71. The number of aliphatic carboxylic acids is 2. The summed E-state index contributed by atoms with van der Waals surface area (Å²) in [5.41, 5.74) is 1.06. The average Bonchev–Trinajstić information content (AvgIpc) is 3.33. The van der Waals surface area contributed by atoms with Crippen molar-refractivity contribution in [2.24, 2.45) is 5.92 Å². The number of methoxy groups -OCH3 is 3. The van der Waals surface area contributed by atoms with E-state index in [2.05, 4.69) is 4.90 Å². The van der Waals surface area contributed by atoms with Crippen LogP contribution in [0.15, 0.2) is 12.1 Å². The van der Waals surface area contributed by atoms with Gasteiger partial charge in [-0.3, -0.25) is 9.69 Å². The molecule has 2 aliphatic heterocycles. The number of carboxylic acids is 2. The standard InChI is InChI=1S/C20H30N2O4.C2H2O4/c1-24-17-9-8-15(18(25-2)19(17)26-3)13-21-10-6-7-16(14-21)20(23)22-11-4-5-12-22;3-1(4)2(5)6/h8-9,16H,4-7,10-14H2,1-3H3;(H,3,4)(H,5,6). The van der Waals surface area contributed by atoms with Gasteiger partial charge in [-0.05, 0) is 38.3 Å². The molecule has 1 atom stereocenters. The Morgan fingerprint density at radius 2 is 1.53 bits per heavy atom. The third kappa shape index (κ3) is 6.49. The lowest BCUT2D eigenvalue weighted by atomic mass is 9.96. The Balaban J connectivity index is 0.000000534. The molecule has 10 nitrogen and oxygen atoms in total. The molecule has 10 heteroatoms. The minimum absolute atomic E-state index is 0.119. The zero-order valence-electron chi connectivity index (χ0n) is 18.8. The van der Waals surface area contributed by atoms with Gasteiger partial charge < -0.3 is 29.3 Å². The average molecular weight is 453 g/mol. The van der Waals surface area contributed by atoms with Gasteiger partial charge in [0.25, 0.3) is 0 Å². The van der Waals surface area contributed by atoms with Gasteiger partial charge in [0, 0.05) is 31.7 Å². The van der Waals surface area contributed by atoms with E-state index in [1.165, 1.54) is 0 Å². The molecule has 0 saturated carbocycles. The first kappa shape index (κ1) is 25.3. The molecule has 0 aromatic heterocycles. The summed E-state index contributed by atoms with van der Waals surface area (Å²) < 4.78 is 16.4. The number of hydrogen-bond donors (Lipinski definition) is 2. The van der Waals surface area contributed by atoms with Crippen LogP contribution in [-0.4, -0.2) is 85.4 Å². The molecule has 1 aromatic rings. The zero-order valence-corrected chi connectivity index (χ0v) is 18.8. The van der Waals surface area contributed by atoms with E-state index in [0.717, 1.165) is 64.0 Å². The van der Waals surface area contributed by atoms with Gasteiger partial charge in [-0.25, -0.2) is 9.59 Å². The van der Waals surface area contributed by atoms with Crippen molar-refractivity contribution in [2.45, 2.75) is 32.2 Å². The van der Waals surface area contributed by atoms with E-state index in [-0.39, 0.29) is 5.92 Å². The highest BCUT2D eigenvalue weighted by Gasteiger charge is 2.31. The highest BCUT2D eigenvalue weighted by atomic mass is 16.5. The van der Waals surface area contributed by atoms with Crippen molar-refractivity contribution in [2.75, 3.05) is 47.5 Å². The number of likely N-dealkylation sites (tertiary alicyclic amines) is 2.